The van der Waals surface area contributed by atoms with E-state index in [1.165, 1.54) is 0 Å². The highest BCUT2D eigenvalue weighted by Gasteiger charge is 2.18. The molecule has 20 heavy (non-hydrogen) atoms. The molecule has 2 rings (SSSR count). The van der Waals surface area contributed by atoms with Crippen LogP contribution in [0.2, 0.25) is 0 Å². The molecule has 0 bridgehead atoms. The third-order valence-electron chi connectivity index (χ3n) is 3.08. The van der Waals surface area contributed by atoms with E-state index in [0.29, 0.717) is 6.42 Å². The number of nitrogens with one attached hydrogen (secondary N) is 1. The second-order valence-corrected chi connectivity index (χ2v) is 5.84. The van der Waals surface area contributed by atoms with E-state index in [0.717, 1.165) is 16.9 Å². The molecule has 0 aliphatic carbocycles. The Kier molecular flexibility index (Phi) is 4.18. The molecule has 0 fully saturated rings. The molecule has 0 unspecified atom stereocenters. The number of amides is 1. The zero-order valence-corrected chi connectivity index (χ0v) is 12.2. The predicted molar refractivity (Wildman–Crippen MR) is 81.7 cm³/mol. The number of hydrogen-bond acceptors (Lipinski definition) is 2. The summed E-state index contributed by atoms with van der Waals surface area (Å²) in [6, 6.07) is 13.5. The molecule has 1 N–H and O–H groups in total. The van der Waals surface area contributed by atoms with Crippen LogP contribution in [0.4, 0.5) is 5.69 Å². The van der Waals surface area contributed by atoms with E-state index >= 15 is 0 Å². The summed E-state index contributed by atoms with van der Waals surface area (Å²) < 4.78 is 0. The van der Waals surface area contributed by atoms with Gasteiger partial charge in [0.1, 0.15) is 0 Å². The van der Waals surface area contributed by atoms with Crippen LogP contribution >= 0.6 is 0 Å². The maximum atomic E-state index is 12.1. The summed E-state index contributed by atoms with van der Waals surface area (Å²) in [5.41, 5.74) is 2.78. The topological polar surface area (TPSA) is 42.0 Å². The molecule has 0 aliphatic heterocycles. The maximum absolute atomic E-state index is 12.1. The highest BCUT2D eigenvalue weighted by atomic mass is 16.1. The molecular formula is C17H20N2O. The minimum atomic E-state index is -0.0413. The summed E-state index contributed by atoms with van der Waals surface area (Å²) in [6.07, 6.45) is 1.99. The Morgan fingerprint density at radius 1 is 1.10 bits per heavy atom. The minimum Gasteiger partial charge on any atom is -0.325 e. The van der Waals surface area contributed by atoms with Crippen molar-refractivity contribution < 1.29 is 4.79 Å². The van der Waals surface area contributed by atoms with E-state index in [2.05, 4.69) is 37.1 Å². The number of hydrogen-bond donors (Lipinski definition) is 1. The fourth-order valence-electron chi connectivity index (χ4n) is 2.11. The molecule has 1 heterocycles. The molecular weight excluding hydrogens is 248 g/mol. The van der Waals surface area contributed by atoms with Gasteiger partial charge in [-0.3, -0.25) is 9.78 Å². The highest BCUT2D eigenvalue weighted by molar-refractivity contribution is 5.92. The van der Waals surface area contributed by atoms with Crippen molar-refractivity contribution in [1.82, 2.24) is 4.98 Å². The first-order chi connectivity index (χ1) is 9.47. The number of carbonyl (C=O) groups excluding carboxylic acids is 1. The van der Waals surface area contributed by atoms with Crippen molar-refractivity contribution in [2.24, 2.45) is 0 Å². The SMILES string of the molecule is CC(C)(C)c1ccccc1NC(=O)Cc1ccccn1. The van der Waals surface area contributed by atoms with E-state index in [-0.39, 0.29) is 11.3 Å². The second-order valence-electron chi connectivity index (χ2n) is 5.84. The molecule has 1 amide bonds. The molecule has 0 saturated heterocycles. The van der Waals surface area contributed by atoms with Crippen molar-refractivity contribution >= 4 is 11.6 Å². The van der Waals surface area contributed by atoms with Crippen LogP contribution < -0.4 is 5.32 Å². The summed E-state index contributed by atoms with van der Waals surface area (Å²) >= 11 is 0. The van der Waals surface area contributed by atoms with Gasteiger partial charge in [-0.25, -0.2) is 0 Å². The Morgan fingerprint density at radius 2 is 1.80 bits per heavy atom. The lowest BCUT2D eigenvalue weighted by Gasteiger charge is -2.23. The number of nitrogens with zero attached hydrogens (tertiary/aromatic N) is 1. The molecule has 0 aliphatic rings. The standard InChI is InChI=1S/C17H20N2O/c1-17(2,3)14-9-4-5-10-15(14)19-16(20)12-13-8-6-7-11-18-13/h4-11H,12H2,1-3H3,(H,19,20). The molecule has 1 aromatic carbocycles. The lowest BCUT2D eigenvalue weighted by atomic mass is 9.86. The summed E-state index contributed by atoms with van der Waals surface area (Å²) in [4.78, 5) is 16.3. The minimum absolute atomic E-state index is 0.00509. The average Bonchev–Trinajstić information content (AvgIpc) is 2.39. The fraction of sp³-hybridized carbons (Fsp3) is 0.294. The molecule has 3 nitrogen and oxygen atoms in total. The van der Waals surface area contributed by atoms with Gasteiger partial charge in [0.2, 0.25) is 5.91 Å². The van der Waals surface area contributed by atoms with Crippen LogP contribution in [-0.2, 0) is 16.6 Å². The third-order valence-corrected chi connectivity index (χ3v) is 3.08. The zero-order chi connectivity index (χ0) is 14.6. The number of pyridine rings is 1. The van der Waals surface area contributed by atoms with Gasteiger partial charge in [0, 0.05) is 17.6 Å². The van der Waals surface area contributed by atoms with Gasteiger partial charge in [0.25, 0.3) is 0 Å². The van der Waals surface area contributed by atoms with Gasteiger partial charge in [-0.05, 0) is 29.2 Å². The highest BCUT2D eigenvalue weighted by Crippen LogP contribution is 2.29. The number of anilines is 1. The van der Waals surface area contributed by atoms with Crippen LogP contribution in [0.1, 0.15) is 32.0 Å². The smallest absolute Gasteiger partial charge is 0.230 e. The van der Waals surface area contributed by atoms with Crippen molar-refractivity contribution in [2.45, 2.75) is 32.6 Å². The Hall–Kier alpha value is -2.16. The number of benzene rings is 1. The Morgan fingerprint density at radius 3 is 2.45 bits per heavy atom. The molecule has 0 saturated carbocycles. The largest absolute Gasteiger partial charge is 0.325 e. The van der Waals surface area contributed by atoms with Gasteiger partial charge in [-0.1, -0.05) is 45.0 Å². The lowest BCUT2D eigenvalue weighted by molar-refractivity contribution is -0.115. The first-order valence-electron chi connectivity index (χ1n) is 6.76. The van der Waals surface area contributed by atoms with Crippen LogP contribution in [0.15, 0.2) is 48.7 Å². The number of carbonyl (C=O) groups is 1. The third kappa shape index (κ3) is 3.67. The number of rotatable bonds is 3. The van der Waals surface area contributed by atoms with Gasteiger partial charge in [-0.15, -0.1) is 0 Å². The monoisotopic (exact) mass is 268 g/mol. The van der Waals surface area contributed by atoms with E-state index < -0.39 is 0 Å². The van der Waals surface area contributed by atoms with Crippen LogP contribution in [0.3, 0.4) is 0 Å². The van der Waals surface area contributed by atoms with Crippen LogP contribution in [0.25, 0.3) is 0 Å². The predicted octanol–water partition coefficient (Wildman–Crippen LogP) is 3.56. The maximum Gasteiger partial charge on any atom is 0.230 e. The van der Waals surface area contributed by atoms with Crippen LogP contribution in [0.5, 0.6) is 0 Å². The fourth-order valence-corrected chi connectivity index (χ4v) is 2.11. The molecule has 0 atom stereocenters. The van der Waals surface area contributed by atoms with Crippen LogP contribution in [0, 0.1) is 0 Å². The van der Waals surface area contributed by atoms with Gasteiger partial charge < -0.3 is 5.32 Å². The Balaban J connectivity index is 2.13. The molecule has 104 valence electrons. The van der Waals surface area contributed by atoms with E-state index in [9.17, 15) is 4.79 Å². The Bertz CT molecular complexity index is 585. The summed E-state index contributed by atoms with van der Waals surface area (Å²) in [7, 11) is 0. The average molecular weight is 268 g/mol. The van der Waals surface area contributed by atoms with Crippen molar-refractivity contribution in [3.8, 4) is 0 Å². The quantitative estimate of drug-likeness (QED) is 0.924. The van der Waals surface area contributed by atoms with Crippen molar-refractivity contribution in [3.63, 3.8) is 0 Å². The van der Waals surface area contributed by atoms with E-state index in [4.69, 9.17) is 0 Å². The Labute approximate surface area is 120 Å². The summed E-state index contributed by atoms with van der Waals surface area (Å²) in [5, 5.41) is 2.99. The molecule has 0 spiro atoms. The lowest BCUT2D eigenvalue weighted by Crippen LogP contribution is -2.20. The van der Waals surface area contributed by atoms with Crippen LogP contribution in [-0.4, -0.2) is 10.9 Å². The normalized spacial score (nSPS) is 11.2. The summed E-state index contributed by atoms with van der Waals surface area (Å²) in [5.74, 6) is -0.0413. The van der Waals surface area contributed by atoms with Gasteiger partial charge in [-0.2, -0.15) is 0 Å². The number of para-hydroxylation sites is 1. The van der Waals surface area contributed by atoms with Gasteiger partial charge in [0.05, 0.1) is 6.42 Å². The van der Waals surface area contributed by atoms with Crippen molar-refractivity contribution in [2.75, 3.05) is 5.32 Å². The van der Waals surface area contributed by atoms with E-state index in [1.54, 1.807) is 6.20 Å². The molecule has 0 radical (unpaired) electrons. The zero-order valence-electron chi connectivity index (χ0n) is 12.2. The first kappa shape index (κ1) is 14.3. The number of aromatic nitrogens is 1. The molecule has 2 aromatic rings. The van der Waals surface area contributed by atoms with Crippen molar-refractivity contribution in [3.05, 3.63) is 59.9 Å². The molecule has 1 aromatic heterocycles. The first-order valence-corrected chi connectivity index (χ1v) is 6.76. The van der Waals surface area contributed by atoms with E-state index in [1.807, 2.05) is 36.4 Å². The summed E-state index contributed by atoms with van der Waals surface area (Å²) in [6.45, 7) is 6.41. The second kappa shape index (κ2) is 5.87. The van der Waals surface area contributed by atoms with Crippen molar-refractivity contribution in [1.29, 1.82) is 0 Å². The van der Waals surface area contributed by atoms with Gasteiger partial charge >= 0.3 is 0 Å². The van der Waals surface area contributed by atoms with Gasteiger partial charge in [0.15, 0.2) is 0 Å². The molecule has 3 heteroatoms.